The minimum Gasteiger partial charge on any atom is -0.349 e. The van der Waals surface area contributed by atoms with E-state index in [0.717, 1.165) is 28.1 Å². The molecule has 1 aliphatic rings. The lowest BCUT2D eigenvalue weighted by molar-refractivity contribution is 0.0958. The molecule has 0 spiro atoms. The number of thiazole rings is 1. The van der Waals surface area contributed by atoms with Gasteiger partial charge in [-0.2, -0.15) is 4.31 Å². The molecule has 30 heavy (non-hydrogen) atoms. The molecule has 156 valence electrons. The van der Waals surface area contributed by atoms with E-state index in [4.69, 9.17) is 4.98 Å². The molecule has 1 N–H and O–H groups in total. The van der Waals surface area contributed by atoms with Crippen molar-refractivity contribution in [3.8, 4) is 0 Å². The van der Waals surface area contributed by atoms with Gasteiger partial charge in [-0.15, -0.1) is 17.9 Å². The van der Waals surface area contributed by atoms with E-state index in [-0.39, 0.29) is 16.7 Å². The van der Waals surface area contributed by atoms with Crippen LogP contribution in [0.15, 0.2) is 66.1 Å². The van der Waals surface area contributed by atoms with Crippen LogP contribution < -0.4 is 5.32 Å². The highest BCUT2D eigenvalue weighted by Gasteiger charge is 2.31. The van der Waals surface area contributed by atoms with Gasteiger partial charge in [-0.1, -0.05) is 24.3 Å². The zero-order valence-electron chi connectivity index (χ0n) is 16.5. The molecule has 1 fully saturated rings. The fourth-order valence-electron chi connectivity index (χ4n) is 3.62. The normalized spacial score (nSPS) is 15.9. The summed E-state index contributed by atoms with van der Waals surface area (Å²) in [7, 11) is -3.65. The van der Waals surface area contributed by atoms with E-state index in [1.54, 1.807) is 35.6 Å². The number of amides is 1. The van der Waals surface area contributed by atoms with E-state index < -0.39 is 10.0 Å². The Hall–Kier alpha value is -2.55. The summed E-state index contributed by atoms with van der Waals surface area (Å²) < 4.78 is 28.9. The summed E-state index contributed by atoms with van der Waals surface area (Å²) in [4.78, 5) is 17.0. The van der Waals surface area contributed by atoms with Crippen molar-refractivity contribution in [1.82, 2.24) is 14.6 Å². The van der Waals surface area contributed by atoms with Gasteiger partial charge in [0, 0.05) is 31.1 Å². The number of nitrogens with one attached hydrogen (secondary N) is 1. The molecule has 0 bridgehead atoms. The number of piperidine rings is 1. The summed E-state index contributed by atoms with van der Waals surface area (Å²) in [6.45, 7) is 4.77. The van der Waals surface area contributed by atoms with Crippen molar-refractivity contribution in [1.29, 1.82) is 0 Å². The molecule has 0 aliphatic carbocycles. The first-order valence-electron chi connectivity index (χ1n) is 9.84. The third-order valence-electron chi connectivity index (χ3n) is 5.25. The molecule has 1 aliphatic heterocycles. The third-order valence-corrected chi connectivity index (χ3v) is 8.35. The average Bonchev–Trinajstić information content (AvgIpc) is 3.22. The van der Waals surface area contributed by atoms with Gasteiger partial charge in [0.1, 0.15) is 0 Å². The van der Waals surface area contributed by atoms with Gasteiger partial charge in [0.25, 0.3) is 5.91 Å². The van der Waals surface area contributed by atoms with E-state index in [1.165, 1.54) is 10.4 Å². The van der Waals surface area contributed by atoms with Crippen LogP contribution in [0.4, 0.5) is 0 Å². The highest BCUT2D eigenvalue weighted by Crippen LogP contribution is 2.35. The number of carbonyl (C=O) groups is 1. The second kappa shape index (κ2) is 8.67. The van der Waals surface area contributed by atoms with Gasteiger partial charge in [-0.05, 0) is 43.2 Å². The highest BCUT2D eigenvalue weighted by molar-refractivity contribution is 7.89. The number of fused-ring (bicyclic) bond motifs is 1. The molecule has 2 aromatic carbocycles. The molecule has 3 aromatic rings. The standard InChI is InChI=1S/C22H23N3O3S2/c1-2-12-23-21(26)17-6-5-7-18(15-17)30(27,28)25-13-10-16(11-14-25)22-24-19-8-3-4-9-20(19)29-22/h2-9,15-16H,1,10-14H2,(H,23,26). The Morgan fingerprint density at radius 1 is 1.20 bits per heavy atom. The fraction of sp³-hybridized carbons (Fsp3) is 0.273. The van der Waals surface area contributed by atoms with Crippen LogP contribution in [0.5, 0.6) is 0 Å². The second-order valence-corrected chi connectivity index (χ2v) is 10.2. The van der Waals surface area contributed by atoms with Gasteiger partial charge >= 0.3 is 0 Å². The van der Waals surface area contributed by atoms with Gasteiger partial charge in [0.15, 0.2) is 0 Å². The third kappa shape index (κ3) is 4.16. The largest absolute Gasteiger partial charge is 0.349 e. The smallest absolute Gasteiger partial charge is 0.251 e. The van der Waals surface area contributed by atoms with Crippen LogP contribution in [0.3, 0.4) is 0 Å². The molecule has 0 radical (unpaired) electrons. The number of hydrogen-bond acceptors (Lipinski definition) is 5. The highest BCUT2D eigenvalue weighted by atomic mass is 32.2. The van der Waals surface area contributed by atoms with Gasteiger partial charge in [-0.3, -0.25) is 4.79 Å². The van der Waals surface area contributed by atoms with E-state index in [0.29, 0.717) is 25.2 Å². The van der Waals surface area contributed by atoms with Crippen LogP contribution >= 0.6 is 11.3 Å². The number of para-hydroxylation sites is 1. The maximum atomic E-state index is 13.1. The van der Waals surface area contributed by atoms with Gasteiger partial charge < -0.3 is 5.32 Å². The number of rotatable bonds is 6. The Morgan fingerprint density at radius 2 is 1.97 bits per heavy atom. The summed E-state index contributed by atoms with van der Waals surface area (Å²) >= 11 is 1.69. The van der Waals surface area contributed by atoms with Crippen LogP contribution in [0.2, 0.25) is 0 Å². The Bertz CT molecular complexity index is 1150. The Morgan fingerprint density at radius 3 is 2.70 bits per heavy atom. The summed E-state index contributed by atoms with van der Waals surface area (Å²) in [5.41, 5.74) is 1.32. The molecule has 0 unspecified atom stereocenters. The summed E-state index contributed by atoms with van der Waals surface area (Å²) in [5, 5.41) is 3.75. The first-order chi connectivity index (χ1) is 14.5. The van der Waals surface area contributed by atoms with E-state index in [1.807, 2.05) is 18.2 Å². The van der Waals surface area contributed by atoms with Crippen LogP contribution in [0.25, 0.3) is 10.2 Å². The van der Waals surface area contributed by atoms with Crippen LogP contribution in [0, 0.1) is 0 Å². The van der Waals surface area contributed by atoms with E-state index >= 15 is 0 Å². The molecule has 1 saturated heterocycles. The van der Waals surface area contributed by atoms with Crippen molar-refractivity contribution < 1.29 is 13.2 Å². The van der Waals surface area contributed by atoms with Crippen molar-refractivity contribution in [3.05, 3.63) is 71.8 Å². The zero-order valence-corrected chi connectivity index (χ0v) is 18.1. The molecular weight excluding hydrogens is 418 g/mol. The number of nitrogens with zero attached hydrogens (tertiary/aromatic N) is 2. The van der Waals surface area contributed by atoms with Crippen molar-refractivity contribution in [3.63, 3.8) is 0 Å². The molecule has 4 rings (SSSR count). The molecule has 6 nitrogen and oxygen atoms in total. The summed E-state index contributed by atoms with van der Waals surface area (Å²) in [5.74, 6) is -0.0497. The molecule has 2 heterocycles. The van der Waals surface area contributed by atoms with Crippen molar-refractivity contribution >= 4 is 37.5 Å². The quantitative estimate of drug-likeness (QED) is 0.591. The Kier molecular flexibility index (Phi) is 5.99. The van der Waals surface area contributed by atoms with Crippen molar-refractivity contribution in [2.24, 2.45) is 0 Å². The summed E-state index contributed by atoms with van der Waals surface area (Å²) in [6.07, 6.45) is 3.05. The second-order valence-electron chi connectivity index (χ2n) is 7.22. The van der Waals surface area contributed by atoms with Crippen molar-refractivity contribution in [2.75, 3.05) is 19.6 Å². The zero-order chi connectivity index (χ0) is 21.1. The number of carbonyl (C=O) groups excluding carboxylic acids is 1. The minimum absolute atomic E-state index is 0.146. The lowest BCUT2D eigenvalue weighted by Gasteiger charge is -2.30. The van der Waals surface area contributed by atoms with Crippen LogP contribution in [-0.2, 0) is 10.0 Å². The molecular formula is C22H23N3O3S2. The van der Waals surface area contributed by atoms with Gasteiger partial charge in [0.05, 0.1) is 20.1 Å². The lowest BCUT2D eigenvalue weighted by Crippen LogP contribution is -2.38. The number of sulfonamides is 1. The predicted molar refractivity (Wildman–Crippen MR) is 119 cm³/mol. The summed E-state index contributed by atoms with van der Waals surface area (Å²) in [6, 6.07) is 14.2. The van der Waals surface area contributed by atoms with Gasteiger partial charge in [-0.25, -0.2) is 13.4 Å². The maximum absolute atomic E-state index is 13.1. The Labute approximate surface area is 180 Å². The van der Waals surface area contributed by atoms with E-state index in [9.17, 15) is 13.2 Å². The van der Waals surface area contributed by atoms with E-state index in [2.05, 4.69) is 18.0 Å². The molecule has 0 atom stereocenters. The first kappa shape index (κ1) is 20.7. The molecule has 0 saturated carbocycles. The molecule has 1 aromatic heterocycles. The monoisotopic (exact) mass is 441 g/mol. The van der Waals surface area contributed by atoms with Crippen molar-refractivity contribution in [2.45, 2.75) is 23.7 Å². The number of benzene rings is 2. The SMILES string of the molecule is C=CCNC(=O)c1cccc(S(=O)(=O)N2CCC(c3nc4ccccc4s3)CC2)c1. The topological polar surface area (TPSA) is 79.4 Å². The van der Waals surface area contributed by atoms with Crippen LogP contribution in [0.1, 0.15) is 34.1 Å². The minimum atomic E-state index is -3.65. The van der Waals surface area contributed by atoms with Gasteiger partial charge in [0.2, 0.25) is 10.0 Å². The number of aromatic nitrogens is 1. The predicted octanol–water partition coefficient (Wildman–Crippen LogP) is 3.78. The fourth-order valence-corrected chi connectivity index (χ4v) is 6.27. The maximum Gasteiger partial charge on any atom is 0.251 e. The average molecular weight is 442 g/mol. The lowest BCUT2D eigenvalue weighted by atomic mass is 9.99. The first-order valence-corrected chi connectivity index (χ1v) is 12.1. The number of hydrogen-bond donors (Lipinski definition) is 1. The Balaban J connectivity index is 1.47. The van der Waals surface area contributed by atoms with Crippen LogP contribution in [-0.4, -0.2) is 43.2 Å². The molecule has 1 amide bonds. The molecule has 8 heteroatoms.